The minimum Gasteiger partial charge on any atom is -0.398 e. The summed E-state index contributed by atoms with van der Waals surface area (Å²) in [6.45, 7) is 3.75. The number of benzene rings is 2. The van der Waals surface area contributed by atoms with Gasteiger partial charge in [0.1, 0.15) is 4.90 Å². The summed E-state index contributed by atoms with van der Waals surface area (Å²) in [5, 5.41) is 0. The summed E-state index contributed by atoms with van der Waals surface area (Å²) >= 11 is 0. The first-order valence-corrected chi connectivity index (χ1v) is 7.33. The lowest BCUT2D eigenvalue weighted by Crippen LogP contribution is -2.15. The normalized spacial score (nSPS) is 11.3. The molecule has 0 aliphatic carbocycles. The molecule has 0 fully saturated rings. The average molecular weight is 276 g/mol. The Morgan fingerprint density at radius 3 is 2.21 bits per heavy atom. The Kier molecular flexibility index (Phi) is 3.48. The van der Waals surface area contributed by atoms with Gasteiger partial charge < -0.3 is 5.73 Å². The van der Waals surface area contributed by atoms with Gasteiger partial charge in [-0.15, -0.1) is 0 Å². The van der Waals surface area contributed by atoms with Crippen molar-refractivity contribution in [1.29, 1.82) is 0 Å². The molecule has 100 valence electrons. The molecule has 0 amide bonds. The molecule has 0 unspecified atom stereocenters. The summed E-state index contributed by atoms with van der Waals surface area (Å²) in [4.78, 5) is 0.111. The Morgan fingerprint density at radius 2 is 1.58 bits per heavy atom. The Labute approximate surface area is 113 Å². The van der Waals surface area contributed by atoms with E-state index in [1.807, 2.05) is 19.9 Å². The maximum Gasteiger partial charge on any atom is 0.263 e. The van der Waals surface area contributed by atoms with Crippen molar-refractivity contribution in [3.05, 3.63) is 53.6 Å². The van der Waals surface area contributed by atoms with Crippen molar-refractivity contribution in [3.8, 4) is 0 Å². The molecule has 19 heavy (non-hydrogen) atoms. The number of rotatable bonds is 3. The van der Waals surface area contributed by atoms with E-state index in [-0.39, 0.29) is 10.6 Å². The molecular weight excluding hydrogens is 260 g/mol. The van der Waals surface area contributed by atoms with Gasteiger partial charge in [0.05, 0.1) is 5.69 Å². The maximum atomic E-state index is 12.3. The number of para-hydroxylation sites is 1. The maximum absolute atomic E-state index is 12.3. The van der Waals surface area contributed by atoms with Crippen LogP contribution in [0.4, 0.5) is 11.4 Å². The van der Waals surface area contributed by atoms with E-state index >= 15 is 0 Å². The van der Waals surface area contributed by atoms with Gasteiger partial charge in [-0.25, -0.2) is 8.42 Å². The van der Waals surface area contributed by atoms with Crippen LogP contribution in [0.15, 0.2) is 47.4 Å². The van der Waals surface area contributed by atoms with E-state index < -0.39 is 10.0 Å². The fourth-order valence-electron chi connectivity index (χ4n) is 1.76. The molecule has 2 aromatic carbocycles. The van der Waals surface area contributed by atoms with Crippen LogP contribution in [0.3, 0.4) is 0 Å². The number of nitrogens with two attached hydrogens (primary N) is 1. The molecule has 0 aromatic heterocycles. The quantitative estimate of drug-likeness (QED) is 0.847. The molecule has 0 spiro atoms. The molecule has 0 aliphatic rings. The van der Waals surface area contributed by atoms with Crippen molar-refractivity contribution in [2.24, 2.45) is 0 Å². The van der Waals surface area contributed by atoms with E-state index in [1.54, 1.807) is 36.4 Å². The molecule has 0 atom stereocenters. The van der Waals surface area contributed by atoms with Gasteiger partial charge >= 0.3 is 0 Å². The average Bonchev–Trinajstić information content (AvgIpc) is 2.34. The number of aryl methyl sites for hydroxylation is 2. The van der Waals surface area contributed by atoms with E-state index in [0.29, 0.717) is 5.69 Å². The van der Waals surface area contributed by atoms with Crippen molar-refractivity contribution in [3.63, 3.8) is 0 Å². The summed E-state index contributed by atoms with van der Waals surface area (Å²) in [6, 6.07) is 12.0. The van der Waals surface area contributed by atoms with Gasteiger partial charge in [0.25, 0.3) is 10.0 Å². The highest BCUT2D eigenvalue weighted by Gasteiger charge is 2.18. The largest absolute Gasteiger partial charge is 0.398 e. The third kappa shape index (κ3) is 2.88. The monoisotopic (exact) mass is 276 g/mol. The molecule has 2 rings (SSSR count). The minimum atomic E-state index is -3.66. The summed E-state index contributed by atoms with van der Waals surface area (Å²) in [7, 11) is -3.66. The molecule has 0 bridgehead atoms. The topological polar surface area (TPSA) is 72.2 Å². The second-order valence-corrected chi connectivity index (χ2v) is 6.10. The Balaban J connectivity index is 2.43. The summed E-state index contributed by atoms with van der Waals surface area (Å²) in [6.07, 6.45) is 0. The van der Waals surface area contributed by atoms with E-state index in [0.717, 1.165) is 11.1 Å². The number of nitrogens with one attached hydrogen (secondary N) is 1. The lowest BCUT2D eigenvalue weighted by Gasteiger charge is -2.12. The second-order valence-electron chi connectivity index (χ2n) is 4.45. The third-order valence-electron chi connectivity index (χ3n) is 2.94. The van der Waals surface area contributed by atoms with Crippen LogP contribution in [0.2, 0.25) is 0 Å². The zero-order valence-electron chi connectivity index (χ0n) is 10.8. The van der Waals surface area contributed by atoms with Gasteiger partial charge in [0.15, 0.2) is 0 Å². The Hall–Kier alpha value is -2.01. The highest BCUT2D eigenvalue weighted by atomic mass is 32.2. The van der Waals surface area contributed by atoms with Crippen LogP contribution in [0.25, 0.3) is 0 Å². The van der Waals surface area contributed by atoms with E-state index in [4.69, 9.17) is 5.73 Å². The van der Waals surface area contributed by atoms with Gasteiger partial charge in [0.2, 0.25) is 0 Å². The van der Waals surface area contributed by atoms with Crippen molar-refractivity contribution in [2.45, 2.75) is 18.7 Å². The zero-order chi connectivity index (χ0) is 14.0. The summed E-state index contributed by atoms with van der Waals surface area (Å²) < 4.78 is 27.1. The predicted molar refractivity (Wildman–Crippen MR) is 77.6 cm³/mol. The lowest BCUT2D eigenvalue weighted by molar-refractivity contribution is 0.601. The first-order chi connectivity index (χ1) is 8.90. The van der Waals surface area contributed by atoms with Gasteiger partial charge in [0, 0.05) is 5.69 Å². The van der Waals surface area contributed by atoms with Gasteiger partial charge in [-0.3, -0.25) is 4.72 Å². The van der Waals surface area contributed by atoms with E-state index in [1.165, 1.54) is 0 Å². The summed E-state index contributed by atoms with van der Waals surface area (Å²) in [5.41, 5.74) is 8.44. The van der Waals surface area contributed by atoms with Crippen LogP contribution in [-0.4, -0.2) is 8.42 Å². The van der Waals surface area contributed by atoms with Crippen molar-refractivity contribution >= 4 is 21.4 Å². The smallest absolute Gasteiger partial charge is 0.263 e. The Morgan fingerprint density at radius 1 is 1.00 bits per heavy atom. The number of hydrogen-bond acceptors (Lipinski definition) is 3. The van der Waals surface area contributed by atoms with Crippen molar-refractivity contribution in [2.75, 3.05) is 10.5 Å². The lowest BCUT2D eigenvalue weighted by atomic mass is 10.1. The van der Waals surface area contributed by atoms with Crippen LogP contribution in [0.1, 0.15) is 11.1 Å². The van der Waals surface area contributed by atoms with Crippen LogP contribution >= 0.6 is 0 Å². The molecule has 0 saturated heterocycles. The number of nitrogen functional groups attached to an aromatic ring is 1. The number of anilines is 2. The minimum absolute atomic E-state index is 0.111. The fourth-order valence-corrected chi connectivity index (χ4v) is 3.02. The molecule has 4 nitrogen and oxygen atoms in total. The van der Waals surface area contributed by atoms with Crippen LogP contribution in [0, 0.1) is 13.8 Å². The van der Waals surface area contributed by atoms with Crippen LogP contribution in [-0.2, 0) is 10.0 Å². The van der Waals surface area contributed by atoms with Crippen molar-refractivity contribution < 1.29 is 8.42 Å². The second kappa shape index (κ2) is 4.93. The molecule has 0 heterocycles. The molecule has 5 heteroatoms. The SMILES string of the molecule is Cc1cc(N)c(S(=O)(=O)Nc2ccccc2)cc1C. The van der Waals surface area contributed by atoms with Gasteiger partial charge in [-0.2, -0.15) is 0 Å². The zero-order valence-corrected chi connectivity index (χ0v) is 11.7. The standard InChI is InChI=1S/C14H16N2O2S/c1-10-8-13(15)14(9-11(10)2)19(17,18)16-12-6-4-3-5-7-12/h3-9,16H,15H2,1-2H3. The molecule has 0 saturated carbocycles. The molecule has 3 N–H and O–H groups in total. The molecule has 2 aromatic rings. The van der Waals surface area contributed by atoms with Gasteiger partial charge in [-0.1, -0.05) is 18.2 Å². The first kappa shape index (κ1) is 13.4. The Bertz CT molecular complexity index is 695. The highest BCUT2D eigenvalue weighted by Crippen LogP contribution is 2.24. The van der Waals surface area contributed by atoms with E-state index in [2.05, 4.69) is 4.72 Å². The third-order valence-corrected chi connectivity index (χ3v) is 4.38. The molecule has 0 aliphatic heterocycles. The molecule has 0 radical (unpaired) electrons. The van der Waals surface area contributed by atoms with Gasteiger partial charge in [-0.05, 0) is 49.2 Å². The molecular formula is C14H16N2O2S. The fraction of sp³-hybridized carbons (Fsp3) is 0.143. The van der Waals surface area contributed by atoms with Crippen LogP contribution in [0.5, 0.6) is 0 Å². The predicted octanol–water partition coefficient (Wildman–Crippen LogP) is 2.69. The highest BCUT2D eigenvalue weighted by molar-refractivity contribution is 7.92. The number of hydrogen-bond donors (Lipinski definition) is 2. The van der Waals surface area contributed by atoms with Crippen LogP contribution < -0.4 is 10.5 Å². The summed E-state index contributed by atoms with van der Waals surface area (Å²) in [5.74, 6) is 0. The first-order valence-electron chi connectivity index (χ1n) is 5.85. The number of sulfonamides is 1. The van der Waals surface area contributed by atoms with E-state index in [9.17, 15) is 8.42 Å². The van der Waals surface area contributed by atoms with Crippen molar-refractivity contribution in [1.82, 2.24) is 0 Å².